The lowest BCUT2D eigenvalue weighted by Gasteiger charge is -2.30. The van der Waals surface area contributed by atoms with Crippen LogP contribution in [0.3, 0.4) is 0 Å². The topological polar surface area (TPSA) is 127 Å². The molecule has 6 rings (SSSR count). The number of nitrogens with one attached hydrogen (secondary N) is 3. The minimum Gasteiger partial charge on any atom is -0.377 e. The molecule has 1 aromatic carbocycles. The van der Waals surface area contributed by atoms with Crippen LogP contribution in [0.15, 0.2) is 67.3 Å². The Bertz CT molecular complexity index is 1820. The maximum absolute atomic E-state index is 14.8. The normalized spacial score (nSPS) is 16.4. The van der Waals surface area contributed by atoms with Crippen molar-refractivity contribution in [1.82, 2.24) is 30.2 Å². The van der Waals surface area contributed by atoms with Crippen LogP contribution >= 0.6 is 0 Å². The van der Waals surface area contributed by atoms with E-state index in [1.54, 1.807) is 18.5 Å². The quantitative estimate of drug-likeness (QED) is 0.152. The Balaban J connectivity index is 1.04. The summed E-state index contributed by atoms with van der Waals surface area (Å²) in [6, 6.07) is 12.7. The Morgan fingerprint density at radius 1 is 0.957 bits per heavy atom. The Morgan fingerprint density at radius 3 is 2.57 bits per heavy atom. The number of nitrogens with zero attached hydrogens (tertiary/aromatic N) is 4. The van der Waals surface area contributed by atoms with Gasteiger partial charge in [-0.2, -0.15) is 0 Å². The van der Waals surface area contributed by atoms with Gasteiger partial charge in [-0.15, -0.1) is 0 Å². The molecule has 1 aliphatic carbocycles. The van der Waals surface area contributed by atoms with Crippen molar-refractivity contribution < 1.29 is 23.0 Å². The van der Waals surface area contributed by atoms with Gasteiger partial charge in [0.15, 0.2) is 17.5 Å². The Hall–Kier alpha value is -4.81. The number of carbonyl (C=O) groups is 1. The van der Waals surface area contributed by atoms with Gasteiger partial charge < -0.3 is 25.1 Å². The molecule has 12 heteroatoms. The van der Waals surface area contributed by atoms with E-state index in [1.807, 2.05) is 31.2 Å². The number of halogens is 2. The number of ether oxygens (including phenoxy) is 2. The molecule has 5 aromatic rings. The summed E-state index contributed by atoms with van der Waals surface area (Å²) >= 11 is 0. The fraction of sp³-hybridized carbons (Fsp3) is 0.324. The molecule has 0 bridgehead atoms. The van der Waals surface area contributed by atoms with Crippen molar-refractivity contribution >= 4 is 22.8 Å². The van der Waals surface area contributed by atoms with Crippen molar-refractivity contribution in [3.05, 3.63) is 101 Å². The molecule has 3 N–H and O–H groups in total. The SMILES string of the molecule is CCOCc1cccc(COCc2ccnc(C(=O)N[C@H]3CCC[C@@H](Nc4nc(-c5c[nH]c6ncc(F)cc56)ncc4F)C3)c2)c1. The average molecular weight is 628 g/mol. The number of anilines is 1. The molecular weight excluding hydrogens is 592 g/mol. The van der Waals surface area contributed by atoms with Crippen LogP contribution in [-0.4, -0.2) is 49.5 Å². The zero-order valence-corrected chi connectivity index (χ0v) is 25.4. The van der Waals surface area contributed by atoms with E-state index in [4.69, 9.17) is 9.47 Å². The molecular formula is C34H35F2N7O3. The molecule has 2 atom stereocenters. The van der Waals surface area contributed by atoms with Crippen molar-refractivity contribution in [2.24, 2.45) is 0 Å². The van der Waals surface area contributed by atoms with Crippen molar-refractivity contribution in [3.63, 3.8) is 0 Å². The minimum atomic E-state index is -0.597. The predicted octanol–water partition coefficient (Wildman–Crippen LogP) is 6.10. The van der Waals surface area contributed by atoms with Crippen molar-refractivity contribution in [1.29, 1.82) is 0 Å². The van der Waals surface area contributed by atoms with Gasteiger partial charge in [0.2, 0.25) is 0 Å². The first-order chi connectivity index (χ1) is 22.4. The second-order valence-corrected chi connectivity index (χ2v) is 11.3. The Labute approximate surface area is 265 Å². The molecule has 0 aliphatic heterocycles. The highest BCUT2D eigenvalue weighted by molar-refractivity contribution is 5.93. The number of hydrogen-bond acceptors (Lipinski definition) is 8. The van der Waals surface area contributed by atoms with Gasteiger partial charge in [0.1, 0.15) is 17.2 Å². The Kier molecular flexibility index (Phi) is 9.85. The number of H-pyrrole nitrogens is 1. The van der Waals surface area contributed by atoms with Gasteiger partial charge in [0.05, 0.1) is 32.2 Å². The summed E-state index contributed by atoms with van der Waals surface area (Å²) in [6.45, 7) is 3.97. The van der Waals surface area contributed by atoms with E-state index in [-0.39, 0.29) is 29.6 Å². The molecule has 4 aromatic heterocycles. The van der Waals surface area contributed by atoms with Crippen LogP contribution in [0.2, 0.25) is 0 Å². The standard InChI is InChI=1S/C34H35F2N7O3/c1-2-45-18-21-5-3-6-22(11-21)19-46-20-23-9-10-37-30(12-23)34(44)42-26-8-4-7-25(14-26)41-33-29(36)17-40-32(43-33)28-16-39-31-27(28)13-24(35)15-38-31/h3,5-6,9-13,15-17,25-26H,2,4,7-8,14,18-20H2,1H3,(H,38,39)(H,42,44)(H,40,41,43)/t25-,26+/m1/s1. The summed E-state index contributed by atoms with van der Waals surface area (Å²) < 4.78 is 40.0. The van der Waals surface area contributed by atoms with Crippen molar-refractivity contribution in [3.8, 4) is 11.4 Å². The lowest BCUT2D eigenvalue weighted by Crippen LogP contribution is -2.42. The third-order valence-electron chi connectivity index (χ3n) is 7.89. The molecule has 0 unspecified atom stereocenters. The van der Waals surface area contributed by atoms with E-state index in [2.05, 4.69) is 41.6 Å². The summed E-state index contributed by atoms with van der Waals surface area (Å²) in [6.07, 6.45) is 8.44. The summed E-state index contributed by atoms with van der Waals surface area (Å²) in [5.74, 6) is -1.06. The second-order valence-electron chi connectivity index (χ2n) is 11.3. The monoisotopic (exact) mass is 627 g/mol. The lowest BCUT2D eigenvalue weighted by atomic mass is 9.91. The van der Waals surface area contributed by atoms with E-state index in [0.29, 0.717) is 55.1 Å². The first-order valence-corrected chi connectivity index (χ1v) is 15.4. The van der Waals surface area contributed by atoms with Crippen LogP contribution < -0.4 is 10.6 Å². The number of fused-ring (bicyclic) bond motifs is 1. The summed E-state index contributed by atoms with van der Waals surface area (Å²) in [5, 5.41) is 6.79. The maximum atomic E-state index is 14.8. The largest absolute Gasteiger partial charge is 0.377 e. The van der Waals surface area contributed by atoms with Crippen LogP contribution in [0.25, 0.3) is 22.4 Å². The molecule has 238 valence electrons. The number of benzene rings is 1. The third kappa shape index (κ3) is 7.69. The number of rotatable bonds is 12. The molecule has 0 radical (unpaired) electrons. The van der Waals surface area contributed by atoms with Crippen LogP contribution in [0.5, 0.6) is 0 Å². The number of pyridine rings is 2. The number of carbonyl (C=O) groups excluding carboxylic acids is 1. The predicted molar refractivity (Wildman–Crippen MR) is 169 cm³/mol. The average Bonchev–Trinajstić information content (AvgIpc) is 3.48. The minimum absolute atomic E-state index is 0.0519. The van der Waals surface area contributed by atoms with Crippen LogP contribution in [0.4, 0.5) is 14.6 Å². The first kappa shape index (κ1) is 31.2. The highest BCUT2D eigenvalue weighted by atomic mass is 19.1. The second kappa shape index (κ2) is 14.5. The molecule has 4 heterocycles. The highest BCUT2D eigenvalue weighted by Crippen LogP contribution is 2.28. The molecule has 1 amide bonds. The summed E-state index contributed by atoms with van der Waals surface area (Å²) in [4.78, 5) is 33.0. The van der Waals surface area contributed by atoms with Crippen molar-refractivity contribution in [2.75, 3.05) is 11.9 Å². The number of aromatic nitrogens is 5. The number of hydrogen-bond donors (Lipinski definition) is 3. The van der Waals surface area contributed by atoms with Gasteiger partial charge >= 0.3 is 0 Å². The van der Waals surface area contributed by atoms with E-state index >= 15 is 0 Å². The van der Waals surface area contributed by atoms with Gasteiger partial charge in [0, 0.05) is 42.0 Å². The first-order valence-electron chi connectivity index (χ1n) is 15.4. The van der Waals surface area contributed by atoms with E-state index in [1.165, 1.54) is 6.07 Å². The zero-order chi connectivity index (χ0) is 31.9. The molecule has 46 heavy (non-hydrogen) atoms. The van der Waals surface area contributed by atoms with E-state index in [0.717, 1.165) is 48.3 Å². The fourth-order valence-corrected chi connectivity index (χ4v) is 5.67. The third-order valence-corrected chi connectivity index (χ3v) is 7.89. The van der Waals surface area contributed by atoms with Crippen LogP contribution in [0.1, 0.15) is 59.8 Å². The summed E-state index contributed by atoms with van der Waals surface area (Å²) in [5.41, 5.74) is 4.30. The van der Waals surface area contributed by atoms with Gasteiger partial charge in [-0.1, -0.05) is 24.3 Å². The molecule has 1 aliphatic rings. The fourth-order valence-electron chi connectivity index (χ4n) is 5.67. The lowest BCUT2D eigenvalue weighted by molar-refractivity contribution is 0.0919. The van der Waals surface area contributed by atoms with Crippen LogP contribution in [-0.2, 0) is 29.3 Å². The molecule has 1 saturated carbocycles. The Morgan fingerprint density at radius 2 is 1.74 bits per heavy atom. The number of aromatic amines is 1. The molecule has 10 nitrogen and oxygen atoms in total. The highest BCUT2D eigenvalue weighted by Gasteiger charge is 2.25. The van der Waals surface area contributed by atoms with E-state index < -0.39 is 11.6 Å². The zero-order valence-electron chi connectivity index (χ0n) is 25.4. The van der Waals surface area contributed by atoms with Crippen molar-refractivity contribution in [2.45, 2.75) is 64.5 Å². The summed E-state index contributed by atoms with van der Waals surface area (Å²) in [7, 11) is 0. The maximum Gasteiger partial charge on any atom is 0.270 e. The molecule has 0 saturated heterocycles. The smallest absolute Gasteiger partial charge is 0.270 e. The number of amides is 1. The van der Waals surface area contributed by atoms with Gasteiger partial charge in [-0.3, -0.25) is 9.78 Å². The van der Waals surface area contributed by atoms with Gasteiger partial charge in [0.25, 0.3) is 5.91 Å². The van der Waals surface area contributed by atoms with Crippen LogP contribution in [0, 0.1) is 11.6 Å². The molecule has 0 spiro atoms. The van der Waals surface area contributed by atoms with E-state index in [9.17, 15) is 13.6 Å². The molecule has 1 fully saturated rings. The van der Waals surface area contributed by atoms with Gasteiger partial charge in [-0.05, 0) is 67.5 Å². The van der Waals surface area contributed by atoms with Gasteiger partial charge in [-0.25, -0.2) is 23.7 Å².